The Morgan fingerprint density at radius 2 is 1.80 bits per heavy atom. The smallest absolute Gasteiger partial charge is 0.264 e. The lowest BCUT2D eigenvalue weighted by molar-refractivity contribution is -0.146. The lowest BCUT2D eigenvalue weighted by atomic mass is 9.82. The molecular formula is C40H42BrN3O5Si. The van der Waals surface area contributed by atoms with Gasteiger partial charge < -0.3 is 29.8 Å². The quantitative estimate of drug-likeness (QED) is 0.130. The van der Waals surface area contributed by atoms with Crippen LogP contribution in [0.15, 0.2) is 102 Å². The highest BCUT2D eigenvalue weighted by Gasteiger charge is 2.66. The maximum atomic E-state index is 14.9. The third kappa shape index (κ3) is 5.87. The molecule has 1 fully saturated rings. The monoisotopic (exact) mass is 751 g/mol. The van der Waals surface area contributed by atoms with E-state index in [1.54, 1.807) is 7.11 Å². The van der Waals surface area contributed by atoms with E-state index in [1.807, 2.05) is 90.0 Å². The number of ether oxygens (including phenoxy) is 2. The van der Waals surface area contributed by atoms with Crippen LogP contribution in [-0.4, -0.2) is 49.8 Å². The van der Waals surface area contributed by atoms with Crippen molar-refractivity contribution in [2.75, 3.05) is 23.9 Å². The number of methoxy groups -OCH3 is 1. The molecule has 1 aromatic heterocycles. The molecule has 1 saturated heterocycles. The predicted octanol–water partition coefficient (Wildman–Crippen LogP) is 7.27. The third-order valence-corrected chi connectivity index (χ3v) is 15.7. The van der Waals surface area contributed by atoms with Gasteiger partial charge in [-0.2, -0.15) is 0 Å². The molecule has 2 aliphatic heterocycles. The molecule has 0 radical (unpaired) electrons. The second-order valence-corrected chi connectivity index (χ2v) is 19.6. The first-order valence-corrected chi connectivity index (χ1v) is 20.9. The highest BCUT2D eigenvalue weighted by molar-refractivity contribution is 9.10. The van der Waals surface area contributed by atoms with Crippen molar-refractivity contribution in [3.05, 3.63) is 118 Å². The van der Waals surface area contributed by atoms with Gasteiger partial charge in [-0.15, -0.1) is 0 Å². The second kappa shape index (κ2) is 13.5. The van der Waals surface area contributed by atoms with Crippen LogP contribution in [0.1, 0.15) is 30.0 Å². The van der Waals surface area contributed by atoms with Crippen molar-refractivity contribution in [2.24, 2.45) is 5.92 Å². The Morgan fingerprint density at radius 1 is 1.06 bits per heavy atom. The number of anilines is 2. The van der Waals surface area contributed by atoms with Crippen LogP contribution in [0.3, 0.4) is 0 Å². The normalized spacial score (nSPS) is 21.6. The summed E-state index contributed by atoms with van der Waals surface area (Å²) in [5.41, 5.74) is 4.14. The first kappa shape index (κ1) is 34.2. The van der Waals surface area contributed by atoms with E-state index in [4.69, 9.17) is 9.47 Å². The minimum absolute atomic E-state index is 0.0228. The Morgan fingerprint density at radius 3 is 2.52 bits per heavy atom. The van der Waals surface area contributed by atoms with E-state index in [0.29, 0.717) is 18.7 Å². The molecule has 7 rings (SSSR count). The molecule has 4 atom stereocenters. The zero-order valence-corrected chi connectivity index (χ0v) is 31.3. The van der Waals surface area contributed by atoms with Gasteiger partial charge >= 0.3 is 0 Å². The zero-order valence-electron chi connectivity index (χ0n) is 28.7. The van der Waals surface area contributed by atoms with Gasteiger partial charge in [-0.1, -0.05) is 83.6 Å². The van der Waals surface area contributed by atoms with Crippen LogP contribution in [-0.2, 0) is 32.9 Å². The molecule has 5 aromatic rings. The number of amides is 2. The van der Waals surface area contributed by atoms with E-state index >= 15 is 0 Å². The summed E-state index contributed by atoms with van der Waals surface area (Å²) in [6.45, 7) is 7.15. The maximum Gasteiger partial charge on any atom is 0.264 e. The molecule has 0 saturated carbocycles. The number of nitrogens with zero attached hydrogens (tertiary/aromatic N) is 1. The molecule has 1 spiro atoms. The SMILES string of the molecule is COc1ccc([Si](C)(C)[C@H]2[C@H](CCO)O[C@@]3(C(=O)N(Cc4ccc(NC(=O)Cc5c[nH]c6ccccc56)cc4)c4ccc(Br)cc43)[C@@H]2C)cc1. The van der Waals surface area contributed by atoms with Crippen LogP contribution in [0, 0.1) is 5.92 Å². The second-order valence-electron chi connectivity index (χ2n) is 14.0. The highest BCUT2D eigenvalue weighted by atomic mass is 79.9. The van der Waals surface area contributed by atoms with Gasteiger partial charge in [-0.05, 0) is 71.6 Å². The van der Waals surface area contributed by atoms with Gasteiger partial charge in [0.2, 0.25) is 5.91 Å². The number of rotatable bonds is 10. The first-order chi connectivity index (χ1) is 24.1. The summed E-state index contributed by atoms with van der Waals surface area (Å²) < 4.78 is 13.3. The number of carbonyl (C=O) groups excluding carboxylic acids is 2. The number of fused-ring (bicyclic) bond motifs is 3. The van der Waals surface area contributed by atoms with Crippen LogP contribution in [0.5, 0.6) is 5.75 Å². The molecule has 0 unspecified atom stereocenters. The number of nitrogens with one attached hydrogen (secondary N) is 2. The summed E-state index contributed by atoms with van der Waals surface area (Å²) in [4.78, 5) is 32.9. The lowest BCUT2D eigenvalue weighted by Crippen LogP contribution is -2.51. The number of hydrogen-bond donors (Lipinski definition) is 3. The van der Waals surface area contributed by atoms with Crippen molar-refractivity contribution < 1.29 is 24.2 Å². The first-order valence-electron chi connectivity index (χ1n) is 17.1. The van der Waals surface area contributed by atoms with E-state index in [9.17, 15) is 14.7 Å². The number of para-hydroxylation sites is 1. The number of carbonyl (C=O) groups is 2. The average molecular weight is 753 g/mol. The van der Waals surface area contributed by atoms with Crippen molar-refractivity contribution in [1.29, 1.82) is 0 Å². The number of aromatic nitrogens is 1. The van der Waals surface area contributed by atoms with Crippen LogP contribution in [0.25, 0.3) is 10.9 Å². The number of aliphatic hydroxyl groups excluding tert-OH is 1. The van der Waals surface area contributed by atoms with Crippen molar-refractivity contribution in [2.45, 2.75) is 56.7 Å². The number of aliphatic hydroxyl groups is 1. The zero-order chi connectivity index (χ0) is 35.2. The largest absolute Gasteiger partial charge is 0.497 e. The van der Waals surface area contributed by atoms with E-state index in [1.165, 1.54) is 5.19 Å². The van der Waals surface area contributed by atoms with Crippen LogP contribution in [0.4, 0.5) is 11.4 Å². The van der Waals surface area contributed by atoms with Crippen LogP contribution in [0.2, 0.25) is 18.6 Å². The van der Waals surface area contributed by atoms with Crippen molar-refractivity contribution in [3.8, 4) is 5.75 Å². The van der Waals surface area contributed by atoms with Gasteiger partial charge in [0.05, 0.1) is 39.9 Å². The van der Waals surface area contributed by atoms with Gasteiger partial charge in [0.25, 0.3) is 5.91 Å². The van der Waals surface area contributed by atoms with Crippen molar-refractivity contribution in [3.63, 3.8) is 0 Å². The van der Waals surface area contributed by atoms with E-state index in [2.05, 4.69) is 58.4 Å². The van der Waals surface area contributed by atoms with Gasteiger partial charge in [-0.3, -0.25) is 9.59 Å². The number of hydrogen-bond acceptors (Lipinski definition) is 5. The topological polar surface area (TPSA) is 104 Å². The van der Waals surface area contributed by atoms with Crippen LogP contribution >= 0.6 is 15.9 Å². The summed E-state index contributed by atoms with van der Waals surface area (Å²) in [6.07, 6.45) is 2.31. The summed E-state index contributed by atoms with van der Waals surface area (Å²) in [7, 11) is -0.600. The van der Waals surface area contributed by atoms with Gasteiger partial charge in [-0.25, -0.2) is 0 Å². The van der Waals surface area contributed by atoms with Gasteiger partial charge in [0.1, 0.15) is 5.75 Å². The summed E-state index contributed by atoms with van der Waals surface area (Å²) in [5.74, 6) is 0.473. The minimum atomic E-state index is -2.26. The third-order valence-electron chi connectivity index (χ3n) is 10.8. The standard InChI is InChI=1S/C40H42BrN3O5Si/c1-25-38(50(3,4)31-16-14-30(48-2)15-17-31)36(19-20-45)49-40(25)33-22-28(41)11-18-35(33)44(39(40)47)24-26-9-12-29(13-10-26)43-37(46)21-27-23-42-34-8-6-5-7-32(27)34/h5-18,22-23,25,36,38,42,45H,19-21,24H2,1-4H3,(H,43,46)/t25-,36+,38-,40+/m1/s1. The summed E-state index contributed by atoms with van der Waals surface area (Å²) in [6, 6.07) is 29.9. The van der Waals surface area contributed by atoms with Crippen LogP contribution < -0.4 is 20.1 Å². The molecular weight excluding hydrogens is 710 g/mol. The Kier molecular flexibility index (Phi) is 9.23. The van der Waals surface area contributed by atoms with E-state index in [0.717, 1.165) is 43.5 Å². The Hall–Kier alpha value is -4.22. The van der Waals surface area contributed by atoms with Crippen molar-refractivity contribution >= 4 is 63.3 Å². The fourth-order valence-electron chi connectivity index (χ4n) is 8.37. The Balaban J connectivity index is 1.14. The number of halogens is 1. The fraction of sp³-hybridized carbons (Fsp3) is 0.300. The van der Waals surface area contributed by atoms with Crippen molar-refractivity contribution in [1.82, 2.24) is 4.98 Å². The number of aromatic amines is 1. The minimum Gasteiger partial charge on any atom is -0.497 e. The van der Waals surface area contributed by atoms with E-state index < -0.39 is 13.7 Å². The molecule has 0 bridgehead atoms. The summed E-state index contributed by atoms with van der Waals surface area (Å²) in [5, 5.41) is 15.5. The highest BCUT2D eigenvalue weighted by Crippen LogP contribution is 2.60. The average Bonchev–Trinajstić information content (AvgIpc) is 3.72. The number of benzene rings is 4. The molecule has 258 valence electrons. The van der Waals surface area contributed by atoms with E-state index in [-0.39, 0.29) is 42.4 Å². The fourth-order valence-corrected chi connectivity index (χ4v) is 12.8. The molecule has 8 nitrogen and oxygen atoms in total. The number of H-pyrrole nitrogens is 1. The van der Waals surface area contributed by atoms with Gasteiger partial charge in [0, 0.05) is 45.3 Å². The molecule has 0 aliphatic carbocycles. The molecule has 4 aromatic carbocycles. The Labute approximate surface area is 301 Å². The van der Waals surface area contributed by atoms with Gasteiger partial charge in [0.15, 0.2) is 5.60 Å². The molecule has 3 heterocycles. The maximum absolute atomic E-state index is 14.9. The lowest BCUT2D eigenvalue weighted by Gasteiger charge is -2.37. The molecule has 2 aliphatic rings. The molecule has 10 heteroatoms. The molecule has 3 N–H and O–H groups in total. The predicted molar refractivity (Wildman–Crippen MR) is 204 cm³/mol. The Bertz CT molecular complexity index is 2050. The molecule has 50 heavy (non-hydrogen) atoms. The summed E-state index contributed by atoms with van der Waals surface area (Å²) >= 11 is 3.67. The molecule has 2 amide bonds.